The fourth-order valence-electron chi connectivity index (χ4n) is 0.572. The van der Waals surface area contributed by atoms with Crippen molar-refractivity contribution in [3.63, 3.8) is 0 Å². The van der Waals surface area contributed by atoms with Crippen molar-refractivity contribution in [3.05, 3.63) is 5.32 Å². The Morgan fingerprint density at radius 3 is 2.25 bits per heavy atom. The van der Waals surface area contributed by atoms with E-state index in [2.05, 4.69) is 5.32 Å². The Morgan fingerprint density at radius 2 is 2.12 bits per heavy atom. The van der Waals surface area contributed by atoms with E-state index in [1.54, 1.807) is 0 Å². The Kier molecular flexibility index (Phi) is 10.5. The summed E-state index contributed by atoms with van der Waals surface area (Å²) in [5.74, 6) is 0. The van der Waals surface area contributed by atoms with Gasteiger partial charge in [0.15, 0.2) is 0 Å². The van der Waals surface area contributed by atoms with Gasteiger partial charge in [-0.05, 0) is 6.42 Å². The molecule has 0 amide bonds. The van der Waals surface area contributed by atoms with Gasteiger partial charge in [0.2, 0.25) is 0 Å². The van der Waals surface area contributed by atoms with Gasteiger partial charge in [0, 0.05) is 58.3 Å². The van der Waals surface area contributed by atoms with Crippen LogP contribution in [0.4, 0.5) is 0 Å². The third-order valence-corrected chi connectivity index (χ3v) is 0.960. The van der Waals surface area contributed by atoms with E-state index in [1.807, 2.05) is 0 Å². The molecule has 1 aliphatic heterocycles. The molecule has 4 heteroatoms. The maximum Gasteiger partial charge on any atom is 0.0336 e. The summed E-state index contributed by atoms with van der Waals surface area (Å²) in [6, 6.07) is 0. The first kappa shape index (κ1) is 12.3. The molecule has 1 atom stereocenters. The quantitative estimate of drug-likeness (QED) is 0.497. The molecule has 0 saturated carbocycles. The number of aliphatic hydroxyl groups is 1. The van der Waals surface area contributed by atoms with Gasteiger partial charge < -0.3 is 10.4 Å². The Hall–Kier alpha value is 1.66. The van der Waals surface area contributed by atoms with E-state index in [1.165, 1.54) is 0 Å². The normalized spacial score (nSPS) is 25.9. The van der Waals surface area contributed by atoms with E-state index in [9.17, 15) is 0 Å². The van der Waals surface area contributed by atoms with Gasteiger partial charge in [0.05, 0.1) is 0 Å². The number of aliphatic hydroxyl groups excluding tert-OH is 1. The van der Waals surface area contributed by atoms with Crippen molar-refractivity contribution < 1.29 is 57.3 Å². The summed E-state index contributed by atoms with van der Waals surface area (Å²) >= 11 is 0. The van der Waals surface area contributed by atoms with Gasteiger partial charge in [-0.25, -0.2) is 0 Å². The molecular formula is C4H8NOUW-. The van der Waals surface area contributed by atoms with Crippen LogP contribution in [0.25, 0.3) is 5.32 Å². The van der Waals surface area contributed by atoms with Gasteiger partial charge in [-0.3, -0.25) is 0 Å². The molecule has 1 N–H and O–H groups in total. The van der Waals surface area contributed by atoms with Gasteiger partial charge in [-0.1, -0.05) is 0 Å². The van der Waals surface area contributed by atoms with Crippen LogP contribution in [0.15, 0.2) is 0 Å². The zero-order valence-electron chi connectivity index (χ0n) is 4.50. The van der Waals surface area contributed by atoms with E-state index in [0.717, 1.165) is 13.0 Å². The summed E-state index contributed by atoms with van der Waals surface area (Å²) in [6.07, 6.45) is 0.755. The summed E-state index contributed by atoms with van der Waals surface area (Å²) < 4.78 is 0. The van der Waals surface area contributed by atoms with Crippen LogP contribution in [0.1, 0.15) is 6.42 Å². The summed E-state index contributed by atoms with van der Waals surface area (Å²) in [5.41, 5.74) is 0. The molecule has 1 rings (SSSR count). The van der Waals surface area contributed by atoms with E-state index in [0.29, 0.717) is 6.54 Å². The predicted molar refractivity (Wildman–Crippen MR) is 23.7 cm³/mol. The zero-order chi connectivity index (χ0) is 4.41. The van der Waals surface area contributed by atoms with E-state index < -0.39 is 0 Å². The first-order valence-electron chi connectivity index (χ1n) is 2.21. The average molecular weight is 508 g/mol. The van der Waals surface area contributed by atoms with Gasteiger partial charge in [-0.15, -0.1) is 13.1 Å². The molecule has 1 fully saturated rings. The molecule has 1 saturated heterocycles. The molecular weight excluding hydrogens is 500 g/mol. The largest absolute Gasteiger partial charge is 0.660 e. The molecule has 0 aromatic carbocycles. The minimum absolute atomic E-state index is 0. The van der Waals surface area contributed by atoms with Crippen molar-refractivity contribution in [2.45, 2.75) is 12.5 Å². The van der Waals surface area contributed by atoms with Crippen LogP contribution in [0.2, 0.25) is 0 Å². The molecule has 0 aromatic rings. The molecule has 46 valence electrons. The van der Waals surface area contributed by atoms with E-state index in [-0.39, 0.29) is 58.3 Å². The molecule has 2 nitrogen and oxygen atoms in total. The van der Waals surface area contributed by atoms with Crippen molar-refractivity contribution in [3.8, 4) is 0 Å². The van der Waals surface area contributed by atoms with E-state index in [4.69, 9.17) is 5.11 Å². The third-order valence-electron chi connectivity index (χ3n) is 0.960. The van der Waals surface area contributed by atoms with Crippen LogP contribution in [-0.4, -0.2) is 24.3 Å². The monoisotopic (exact) mass is 508 g/mol. The Balaban J connectivity index is 0. The van der Waals surface area contributed by atoms with Gasteiger partial charge >= 0.3 is 0 Å². The molecule has 0 radical (unpaired) electrons. The molecule has 0 bridgehead atoms. The van der Waals surface area contributed by atoms with Crippen LogP contribution >= 0.6 is 0 Å². The molecule has 0 aliphatic carbocycles. The number of hydrogen-bond acceptors (Lipinski definition) is 1. The second kappa shape index (κ2) is 6.78. The molecule has 1 unspecified atom stereocenters. The predicted octanol–water partition coefficient (Wildman–Crippen LogP) is 0.122. The number of rotatable bonds is 0. The molecule has 8 heavy (non-hydrogen) atoms. The summed E-state index contributed by atoms with van der Waals surface area (Å²) in [7, 11) is 0. The fraction of sp³-hybridized carbons (Fsp3) is 1.00. The third kappa shape index (κ3) is 4.53. The smallest absolute Gasteiger partial charge is 0.0336 e. The number of nitrogens with zero attached hydrogens (tertiary/aromatic N) is 1. The minimum atomic E-state index is -0.120. The van der Waals surface area contributed by atoms with Crippen LogP contribution < -0.4 is 0 Å². The second-order valence-corrected chi connectivity index (χ2v) is 1.57. The summed E-state index contributed by atoms with van der Waals surface area (Å²) in [5, 5.41) is 12.5. The number of hydrogen-bond donors (Lipinski definition) is 1. The van der Waals surface area contributed by atoms with Crippen molar-refractivity contribution in [2.24, 2.45) is 0 Å². The SMILES string of the molecule is OC1CC[N-]C1.[U].[W]. The first-order chi connectivity index (χ1) is 2.89. The first-order valence-corrected chi connectivity index (χ1v) is 2.21. The topological polar surface area (TPSA) is 34.3 Å². The standard InChI is InChI=1S/C4H8NO.U.W/c6-4-1-2-5-3-4;;/h4,6H,1-3H2;;/q-1;;. The molecule has 1 heterocycles. The average Bonchev–Trinajstić information content (AvgIpc) is 1.86. The van der Waals surface area contributed by atoms with E-state index >= 15 is 0 Å². The summed E-state index contributed by atoms with van der Waals surface area (Å²) in [6.45, 7) is 1.53. The van der Waals surface area contributed by atoms with Crippen LogP contribution in [-0.2, 0) is 21.1 Å². The second-order valence-electron chi connectivity index (χ2n) is 1.57. The van der Waals surface area contributed by atoms with Crippen molar-refractivity contribution >= 4 is 0 Å². The van der Waals surface area contributed by atoms with Crippen molar-refractivity contribution in [1.29, 1.82) is 0 Å². The molecule has 1 aliphatic rings. The minimum Gasteiger partial charge on any atom is -0.660 e. The Labute approximate surface area is 87.4 Å². The van der Waals surface area contributed by atoms with Crippen molar-refractivity contribution in [2.75, 3.05) is 13.1 Å². The van der Waals surface area contributed by atoms with Gasteiger partial charge in [-0.2, -0.15) is 0 Å². The Bertz CT molecular complexity index is 49.3. The fourth-order valence-corrected chi connectivity index (χ4v) is 0.572. The van der Waals surface area contributed by atoms with Crippen LogP contribution in [0.5, 0.6) is 0 Å². The summed E-state index contributed by atoms with van der Waals surface area (Å²) in [4.78, 5) is 0. The van der Waals surface area contributed by atoms with Gasteiger partial charge in [0.25, 0.3) is 0 Å². The van der Waals surface area contributed by atoms with Crippen LogP contribution in [0, 0.1) is 31.1 Å². The van der Waals surface area contributed by atoms with Crippen LogP contribution in [0.3, 0.4) is 0 Å². The van der Waals surface area contributed by atoms with Crippen molar-refractivity contribution in [1.82, 2.24) is 0 Å². The maximum atomic E-state index is 8.64. The molecule has 0 spiro atoms. The molecule has 0 aromatic heterocycles. The van der Waals surface area contributed by atoms with Gasteiger partial charge in [0.1, 0.15) is 0 Å². The maximum absolute atomic E-state index is 8.64. The Morgan fingerprint density at radius 1 is 1.50 bits per heavy atom. The zero-order valence-corrected chi connectivity index (χ0v) is 11.6.